The Balaban J connectivity index is 2.06. The molecule has 1 aliphatic heterocycles. The smallest absolute Gasteiger partial charge is 0.185 e. The SMILES string of the molecule is Clc1ccc(I)c(-c2ccc(Br)c(C3OCCO3)c2)n1. The molecular weight excluding hydrogens is 456 g/mol. The molecule has 0 atom stereocenters. The van der Waals surface area contributed by atoms with Crippen molar-refractivity contribution in [3.05, 3.63) is 49.1 Å². The zero-order valence-corrected chi connectivity index (χ0v) is 14.8. The van der Waals surface area contributed by atoms with E-state index in [0.29, 0.717) is 18.4 Å². The maximum absolute atomic E-state index is 5.99. The fraction of sp³-hybridized carbons (Fsp3) is 0.214. The molecule has 0 unspecified atom stereocenters. The lowest BCUT2D eigenvalue weighted by molar-refractivity contribution is -0.0446. The van der Waals surface area contributed by atoms with Crippen LogP contribution in [0.5, 0.6) is 0 Å². The van der Waals surface area contributed by atoms with Crippen LogP contribution < -0.4 is 0 Å². The van der Waals surface area contributed by atoms with Gasteiger partial charge in [0.05, 0.1) is 18.9 Å². The predicted octanol–water partition coefficient (Wildman–Crippen LogP) is 4.81. The quantitative estimate of drug-likeness (QED) is 0.470. The van der Waals surface area contributed by atoms with Gasteiger partial charge in [0.2, 0.25) is 0 Å². The van der Waals surface area contributed by atoms with E-state index in [4.69, 9.17) is 21.1 Å². The second kappa shape index (κ2) is 6.27. The molecule has 20 heavy (non-hydrogen) atoms. The van der Waals surface area contributed by atoms with Gasteiger partial charge < -0.3 is 9.47 Å². The zero-order chi connectivity index (χ0) is 14.1. The molecule has 3 nitrogen and oxygen atoms in total. The van der Waals surface area contributed by atoms with Gasteiger partial charge in [-0.05, 0) is 46.9 Å². The van der Waals surface area contributed by atoms with E-state index in [1.807, 2.05) is 24.3 Å². The number of ether oxygens (including phenoxy) is 2. The molecule has 0 spiro atoms. The highest BCUT2D eigenvalue weighted by Crippen LogP contribution is 2.34. The second-order valence-electron chi connectivity index (χ2n) is 4.27. The Labute approximate surface area is 143 Å². The standard InChI is InChI=1S/C14H10BrClINO2/c15-10-2-1-8(7-9(10)14-19-5-6-20-14)13-11(17)3-4-12(16)18-13/h1-4,7,14H,5-6H2. The van der Waals surface area contributed by atoms with E-state index in [1.54, 1.807) is 6.07 Å². The normalized spacial score (nSPS) is 15.8. The highest BCUT2D eigenvalue weighted by molar-refractivity contribution is 14.1. The summed E-state index contributed by atoms with van der Waals surface area (Å²) in [4.78, 5) is 4.40. The third kappa shape index (κ3) is 3.01. The van der Waals surface area contributed by atoms with Crippen molar-refractivity contribution in [3.63, 3.8) is 0 Å². The molecule has 0 amide bonds. The van der Waals surface area contributed by atoms with Crippen molar-refractivity contribution < 1.29 is 9.47 Å². The van der Waals surface area contributed by atoms with Crippen molar-refractivity contribution in [3.8, 4) is 11.3 Å². The Bertz CT molecular complexity index is 647. The van der Waals surface area contributed by atoms with Crippen molar-refractivity contribution in [2.45, 2.75) is 6.29 Å². The third-order valence-electron chi connectivity index (χ3n) is 2.96. The van der Waals surface area contributed by atoms with Gasteiger partial charge >= 0.3 is 0 Å². The molecule has 1 aromatic carbocycles. The van der Waals surface area contributed by atoms with Crippen molar-refractivity contribution in [1.29, 1.82) is 0 Å². The molecule has 1 saturated heterocycles. The van der Waals surface area contributed by atoms with Gasteiger partial charge in [0.15, 0.2) is 6.29 Å². The predicted molar refractivity (Wildman–Crippen MR) is 89.7 cm³/mol. The molecule has 104 valence electrons. The number of aromatic nitrogens is 1. The summed E-state index contributed by atoms with van der Waals surface area (Å²) in [5.74, 6) is 0. The summed E-state index contributed by atoms with van der Waals surface area (Å²) >= 11 is 11.8. The number of hydrogen-bond acceptors (Lipinski definition) is 3. The van der Waals surface area contributed by atoms with Crippen LogP contribution in [0.25, 0.3) is 11.3 Å². The third-order valence-corrected chi connectivity index (χ3v) is 4.76. The van der Waals surface area contributed by atoms with Crippen LogP contribution in [0.1, 0.15) is 11.9 Å². The minimum absolute atomic E-state index is 0.318. The molecule has 0 aliphatic carbocycles. The second-order valence-corrected chi connectivity index (χ2v) is 6.68. The lowest BCUT2D eigenvalue weighted by Crippen LogP contribution is -2.00. The number of pyridine rings is 1. The summed E-state index contributed by atoms with van der Waals surface area (Å²) in [7, 11) is 0. The Hall–Kier alpha value is -0.210. The molecule has 0 N–H and O–H groups in total. The molecule has 1 aliphatic rings. The molecule has 1 aromatic heterocycles. The monoisotopic (exact) mass is 465 g/mol. The van der Waals surface area contributed by atoms with Gasteiger partial charge in [0.1, 0.15) is 5.15 Å². The highest BCUT2D eigenvalue weighted by atomic mass is 127. The Kier molecular flexibility index (Phi) is 4.62. The first kappa shape index (κ1) is 14.7. The van der Waals surface area contributed by atoms with Crippen LogP contribution in [0.15, 0.2) is 34.8 Å². The molecule has 1 fully saturated rings. The average molecular weight is 467 g/mol. The number of rotatable bonds is 2. The van der Waals surface area contributed by atoms with E-state index in [9.17, 15) is 0 Å². The summed E-state index contributed by atoms with van der Waals surface area (Å²) < 4.78 is 13.1. The summed E-state index contributed by atoms with van der Waals surface area (Å²) in [6.45, 7) is 1.24. The minimum Gasteiger partial charge on any atom is -0.346 e. The van der Waals surface area contributed by atoms with Gasteiger partial charge in [-0.25, -0.2) is 4.98 Å². The first-order chi connectivity index (χ1) is 9.65. The van der Waals surface area contributed by atoms with Gasteiger partial charge in [-0.15, -0.1) is 0 Å². The van der Waals surface area contributed by atoms with Crippen LogP contribution in [0.4, 0.5) is 0 Å². The maximum atomic E-state index is 5.99. The molecule has 0 saturated carbocycles. The number of benzene rings is 1. The van der Waals surface area contributed by atoms with Crippen LogP contribution in [0.2, 0.25) is 5.15 Å². The fourth-order valence-electron chi connectivity index (χ4n) is 2.03. The van der Waals surface area contributed by atoms with Crippen LogP contribution in [-0.2, 0) is 9.47 Å². The Morgan fingerprint density at radius 2 is 1.95 bits per heavy atom. The van der Waals surface area contributed by atoms with Gasteiger partial charge in [0, 0.05) is 19.2 Å². The van der Waals surface area contributed by atoms with E-state index < -0.39 is 0 Å². The number of halogens is 3. The first-order valence-corrected chi connectivity index (χ1v) is 8.25. The van der Waals surface area contributed by atoms with Crippen molar-refractivity contribution in [1.82, 2.24) is 4.98 Å². The van der Waals surface area contributed by atoms with E-state index in [0.717, 1.165) is 24.9 Å². The average Bonchev–Trinajstić information content (AvgIpc) is 2.96. The Morgan fingerprint density at radius 3 is 2.70 bits per heavy atom. The van der Waals surface area contributed by atoms with E-state index in [2.05, 4.69) is 43.5 Å². The maximum Gasteiger partial charge on any atom is 0.185 e. The molecular formula is C14H10BrClINO2. The summed E-state index contributed by atoms with van der Waals surface area (Å²) in [5, 5.41) is 0.484. The lowest BCUT2D eigenvalue weighted by atomic mass is 10.1. The largest absolute Gasteiger partial charge is 0.346 e. The minimum atomic E-state index is -0.318. The molecule has 3 rings (SSSR count). The van der Waals surface area contributed by atoms with Crippen molar-refractivity contribution in [2.24, 2.45) is 0 Å². The van der Waals surface area contributed by atoms with Gasteiger partial charge in [0.25, 0.3) is 0 Å². The summed E-state index contributed by atoms with van der Waals surface area (Å²) in [5.41, 5.74) is 2.83. The van der Waals surface area contributed by atoms with E-state index >= 15 is 0 Å². The van der Waals surface area contributed by atoms with Crippen LogP contribution in [0, 0.1) is 3.57 Å². The number of nitrogens with zero attached hydrogens (tertiary/aromatic N) is 1. The van der Waals surface area contributed by atoms with E-state index in [-0.39, 0.29) is 6.29 Å². The summed E-state index contributed by atoms with van der Waals surface area (Å²) in [6, 6.07) is 9.75. The van der Waals surface area contributed by atoms with Gasteiger partial charge in [-0.2, -0.15) is 0 Å². The lowest BCUT2D eigenvalue weighted by Gasteiger charge is -2.13. The summed E-state index contributed by atoms with van der Waals surface area (Å²) in [6.07, 6.45) is -0.318. The van der Waals surface area contributed by atoms with Crippen LogP contribution in [-0.4, -0.2) is 18.2 Å². The topological polar surface area (TPSA) is 31.4 Å². The number of hydrogen-bond donors (Lipinski definition) is 0. The van der Waals surface area contributed by atoms with Crippen LogP contribution >= 0.6 is 50.1 Å². The molecule has 0 bridgehead atoms. The molecule has 0 radical (unpaired) electrons. The van der Waals surface area contributed by atoms with Crippen molar-refractivity contribution >= 4 is 50.1 Å². The molecule has 2 heterocycles. The molecule has 2 aromatic rings. The van der Waals surface area contributed by atoms with Gasteiger partial charge in [-0.3, -0.25) is 0 Å². The Morgan fingerprint density at radius 1 is 1.20 bits per heavy atom. The zero-order valence-electron chi connectivity index (χ0n) is 10.3. The van der Waals surface area contributed by atoms with Crippen LogP contribution in [0.3, 0.4) is 0 Å². The van der Waals surface area contributed by atoms with E-state index in [1.165, 1.54) is 0 Å². The molecule has 6 heteroatoms. The van der Waals surface area contributed by atoms with Gasteiger partial charge in [-0.1, -0.05) is 33.6 Å². The highest BCUT2D eigenvalue weighted by Gasteiger charge is 2.21. The van der Waals surface area contributed by atoms with Crippen molar-refractivity contribution in [2.75, 3.05) is 13.2 Å². The fourth-order valence-corrected chi connectivity index (χ4v) is 3.22. The first-order valence-electron chi connectivity index (χ1n) is 6.00.